The first kappa shape index (κ1) is 15.3. The number of hydrogen-bond donors (Lipinski definition) is 3. The number of anilines is 2. The highest BCUT2D eigenvalue weighted by Crippen LogP contribution is 2.35. The maximum Gasteiger partial charge on any atom is 0.265 e. The topological polar surface area (TPSA) is 86.9 Å². The van der Waals surface area contributed by atoms with Crippen LogP contribution in [-0.4, -0.2) is 21.8 Å². The fourth-order valence-electron chi connectivity index (χ4n) is 2.53. The van der Waals surface area contributed by atoms with Gasteiger partial charge in [-0.2, -0.15) is 0 Å². The Kier molecular flexibility index (Phi) is 3.66. The fraction of sp³-hybridized carbons (Fsp3) is 0. The second kappa shape index (κ2) is 5.99. The Morgan fingerprint density at radius 1 is 1.32 bits per heavy atom. The first-order valence-corrected chi connectivity index (χ1v) is 8.19. The van der Waals surface area contributed by atoms with Gasteiger partial charge >= 0.3 is 0 Å². The lowest BCUT2D eigenvalue weighted by Gasteiger charge is -2.06. The summed E-state index contributed by atoms with van der Waals surface area (Å²) in [6.45, 7) is 0. The number of carbonyl (C=O) groups is 2. The quantitative estimate of drug-likeness (QED) is 0.630. The van der Waals surface area contributed by atoms with Gasteiger partial charge in [-0.1, -0.05) is 0 Å². The Labute approximate surface area is 145 Å². The van der Waals surface area contributed by atoms with Gasteiger partial charge in [0.2, 0.25) is 0 Å². The lowest BCUT2D eigenvalue weighted by Crippen LogP contribution is -2.10. The van der Waals surface area contributed by atoms with Crippen LogP contribution < -0.4 is 10.6 Å². The smallest absolute Gasteiger partial charge is 0.265 e. The molecule has 0 saturated heterocycles. The number of amides is 2. The molecule has 2 aromatic heterocycles. The molecule has 124 valence electrons. The predicted octanol–water partition coefficient (Wildman–Crippen LogP) is 3.36. The number of aromatic nitrogens is 2. The summed E-state index contributed by atoms with van der Waals surface area (Å²) in [6, 6.07) is 6.28. The van der Waals surface area contributed by atoms with Gasteiger partial charge in [0.05, 0.1) is 28.7 Å². The molecular weight excluding hydrogens is 343 g/mol. The van der Waals surface area contributed by atoms with Crippen LogP contribution in [0.15, 0.2) is 42.2 Å². The molecule has 2 amide bonds. The van der Waals surface area contributed by atoms with Crippen molar-refractivity contribution in [3.63, 3.8) is 0 Å². The second-order valence-corrected chi connectivity index (χ2v) is 6.27. The molecule has 0 saturated carbocycles. The largest absolute Gasteiger partial charge is 0.345 e. The van der Waals surface area contributed by atoms with E-state index < -0.39 is 11.7 Å². The van der Waals surface area contributed by atoms with Gasteiger partial charge in [0.1, 0.15) is 5.82 Å². The molecule has 0 radical (unpaired) electrons. The number of rotatable bonds is 3. The number of nitrogens with one attached hydrogen (secondary N) is 3. The molecule has 8 heteroatoms. The van der Waals surface area contributed by atoms with Gasteiger partial charge in [-0.25, -0.2) is 9.37 Å². The van der Waals surface area contributed by atoms with E-state index in [4.69, 9.17) is 0 Å². The minimum Gasteiger partial charge on any atom is -0.345 e. The van der Waals surface area contributed by atoms with E-state index in [0.717, 1.165) is 11.3 Å². The molecule has 6 nitrogen and oxygen atoms in total. The summed E-state index contributed by atoms with van der Waals surface area (Å²) in [5.41, 5.74) is 3.02. The Balaban J connectivity index is 1.64. The van der Waals surface area contributed by atoms with Gasteiger partial charge in [-0.15, -0.1) is 11.3 Å². The predicted molar refractivity (Wildman–Crippen MR) is 93.8 cm³/mol. The SMILES string of the molecule is O=C1Nc2ccc(NC(=O)c3cc(F)cs3)cc2/C1=C/c1cnc[nH]1. The van der Waals surface area contributed by atoms with Crippen LogP contribution in [0.4, 0.5) is 15.8 Å². The van der Waals surface area contributed by atoms with E-state index >= 15 is 0 Å². The molecule has 0 aliphatic carbocycles. The molecule has 1 aliphatic heterocycles. The van der Waals surface area contributed by atoms with E-state index in [0.29, 0.717) is 28.2 Å². The summed E-state index contributed by atoms with van der Waals surface area (Å²) in [5, 5.41) is 6.76. The van der Waals surface area contributed by atoms with Crippen molar-refractivity contribution in [2.24, 2.45) is 0 Å². The number of imidazole rings is 1. The standard InChI is InChI=1S/C17H11FN4O2S/c18-9-3-15(25-7-9)17(24)21-10-1-2-14-12(4-10)13(16(23)22-14)5-11-6-19-8-20-11/h1-8H,(H,19,20)(H,21,24)(H,22,23)/b13-5-. The minimum atomic E-state index is -0.441. The van der Waals surface area contributed by atoms with Crippen LogP contribution >= 0.6 is 11.3 Å². The first-order chi connectivity index (χ1) is 12.1. The lowest BCUT2D eigenvalue weighted by atomic mass is 10.1. The molecule has 3 heterocycles. The molecular formula is C17H11FN4O2S. The summed E-state index contributed by atoms with van der Waals surface area (Å²) in [7, 11) is 0. The molecule has 4 rings (SSSR count). The number of H-pyrrole nitrogens is 1. The molecule has 0 spiro atoms. The highest BCUT2D eigenvalue weighted by atomic mass is 32.1. The molecule has 0 unspecified atom stereocenters. The molecule has 25 heavy (non-hydrogen) atoms. The first-order valence-electron chi connectivity index (χ1n) is 7.31. The van der Waals surface area contributed by atoms with Gasteiger partial charge in [0, 0.05) is 22.3 Å². The van der Waals surface area contributed by atoms with Gasteiger partial charge < -0.3 is 15.6 Å². The van der Waals surface area contributed by atoms with Gasteiger partial charge in [0.25, 0.3) is 11.8 Å². The van der Waals surface area contributed by atoms with Gasteiger partial charge in [-0.05, 0) is 30.3 Å². The van der Waals surface area contributed by atoms with Crippen LogP contribution in [0.1, 0.15) is 20.9 Å². The third-order valence-electron chi connectivity index (χ3n) is 3.67. The molecule has 1 aromatic carbocycles. The van der Waals surface area contributed by atoms with Crippen molar-refractivity contribution in [1.82, 2.24) is 9.97 Å². The minimum absolute atomic E-state index is 0.228. The van der Waals surface area contributed by atoms with E-state index in [-0.39, 0.29) is 10.8 Å². The molecule has 1 aliphatic rings. The number of carbonyl (C=O) groups excluding carboxylic acids is 2. The van der Waals surface area contributed by atoms with Crippen LogP contribution in [0.25, 0.3) is 11.6 Å². The molecule has 0 fully saturated rings. The van der Waals surface area contributed by atoms with Gasteiger partial charge in [0.15, 0.2) is 0 Å². The van der Waals surface area contributed by atoms with E-state index in [9.17, 15) is 14.0 Å². The number of fused-ring (bicyclic) bond motifs is 1. The third kappa shape index (κ3) is 2.94. The normalized spacial score (nSPS) is 14.4. The van der Waals surface area contributed by atoms with E-state index in [2.05, 4.69) is 20.6 Å². The number of aromatic amines is 1. The van der Waals surface area contributed by atoms with Crippen LogP contribution in [0.5, 0.6) is 0 Å². The number of halogens is 1. The Hall–Kier alpha value is -3.26. The van der Waals surface area contributed by atoms with Crippen molar-refractivity contribution in [1.29, 1.82) is 0 Å². The molecule has 0 atom stereocenters. The maximum atomic E-state index is 13.0. The van der Waals surface area contributed by atoms with Gasteiger partial charge in [-0.3, -0.25) is 9.59 Å². The van der Waals surface area contributed by atoms with Crippen molar-refractivity contribution in [2.75, 3.05) is 10.6 Å². The number of nitrogens with zero attached hydrogens (tertiary/aromatic N) is 1. The van der Waals surface area contributed by atoms with Crippen LogP contribution in [-0.2, 0) is 4.79 Å². The van der Waals surface area contributed by atoms with Crippen LogP contribution in [0.3, 0.4) is 0 Å². The van der Waals surface area contributed by atoms with E-state index in [1.165, 1.54) is 17.8 Å². The zero-order valence-corrected chi connectivity index (χ0v) is 13.5. The van der Waals surface area contributed by atoms with Crippen molar-refractivity contribution in [3.05, 3.63) is 64.1 Å². The lowest BCUT2D eigenvalue weighted by molar-refractivity contribution is -0.110. The molecule has 3 aromatic rings. The maximum absolute atomic E-state index is 13.0. The third-order valence-corrected chi connectivity index (χ3v) is 4.57. The van der Waals surface area contributed by atoms with Crippen LogP contribution in [0.2, 0.25) is 0 Å². The average Bonchev–Trinajstić information content (AvgIpc) is 3.30. The van der Waals surface area contributed by atoms with Crippen molar-refractivity contribution >= 4 is 46.2 Å². The summed E-state index contributed by atoms with van der Waals surface area (Å²) in [6.07, 6.45) is 4.82. The Morgan fingerprint density at radius 2 is 2.20 bits per heavy atom. The zero-order chi connectivity index (χ0) is 17.4. The van der Waals surface area contributed by atoms with E-state index in [1.807, 2.05) is 0 Å². The van der Waals surface area contributed by atoms with E-state index in [1.54, 1.807) is 30.5 Å². The number of benzene rings is 1. The second-order valence-electron chi connectivity index (χ2n) is 5.36. The summed E-state index contributed by atoms with van der Waals surface area (Å²) in [5.74, 6) is -1.07. The fourth-order valence-corrected chi connectivity index (χ4v) is 3.18. The van der Waals surface area contributed by atoms with Crippen LogP contribution in [0, 0.1) is 5.82 Å². The molecule has 3 N–H and O–H groups in total. The average molecular weight is 354 g/mol. The monoisotopic (exact) mass is 354 g/mol. The number of thiophene rings is 1. The highest BCUT2D eigenvalue weighted by molar-refractivity contribution is 7.12. The van der Waals surface area contributed by atoms with Crippen molar-refractivity contribution < 1.29 is 14.0 Å². The summed E-state index contributed by atoms with van der Waals surface area (Å²) >= 11 is 1.03. The highest BCUT2D eigenvalue weighted by Gasteiger charge is 2.25. The van der Waals surface area contributed by atoms with Crippen molar-refractivity contribution in [2.45, 2.75) is 0 Å². The molecule has 0 bridgehead atoms. The summed E-state index contributed by atoms with van der Waals surface area (Å²) in [4.78, 5) is 31.4. The number of hydrogen-bond acceptors (Lipinski definition) is 4. The van der Waals surface area contributed by atoms with Crippen molar-refractivity contribution in [3.8, 4) is 0 Å². The summed E-state index contributed by atoms with van der Waals surface area (Å²) < 4.78 is 13.0. The Bertz CT molecular complexity index is 1010. The zero-order valence-electron chi connectivity index (χ0n) is 12.7. The Morgan fingerprint density at radius 3 is 2.92 bits per heavy atom.